The molecule has 1 fully saturated rings. The van der Waals surface area contributed by atoms with Crippen LogP contribution < -0.4 is 15.5 Å². The van der Waals surface area contributed by atoms with E-state index >= 15 is 0 Å². The fourth-order valence-electron chi connectivity index (χ4n) is 2.30. The van der Waals surface area contributed by atoms with Crippen LogP contribution in [0.5, 0.6) is 5.75 Å². The Labute approximate surface area is 159 Å². The van der Waals surface area contributed by atoms with Crippen LogP contribution in [-0.4, -0.2) is 61.7 Å². The Morgan fingerprint density at radius 3 is 2.88 bits per heavy atom. The summed E-state index contributed by atoms with van der Waals surface area (Å²) in [5.74, 6) is 0.669. The first-order valence-electron chi connectivity index (χ1n) is 8.38. The number of rotatable bonds is 7. The number of nitrogens with zero attached hydrogens (tertiary/aromatic N) is 2. The van der Waals surface area contributed by atoms with Crippen LogP contribution >= 0.6 is 23.8 Å². The monoisotopic (exact) mass is 384 g/mol. The Kier molecular flexibility index (Phi) is 8.40. The fourth-order valence-corrected chi connectivity index (χ4v) is 2.69. The molecule has 1 aromatic rings. The maximum atomic E-state index is 6.20. The van der Waals surface area contributed by atoms with E-state index < -0.39 is 0 Å². The van der Waals surface area contributed by atoms with E-state index in [2.05, 4.69) is 20.7 Å². The van der Waals surface area contributed by atoms with Crippen LogP contribution in [0.25, 0.3) is 0 Å². The van der Waals surface area contributed by atoms with Gasteiger partial charge < -0.3 is 14.8 Å². The lowest BCUT2D eigenvalue weighted by atomic mass is 10.2. The van der Waals surface area contributed by atoms with E-state index in [1.165, 1.54) is 0 Å². The van der Waals surface area contributed by atoms with E-state index in [-0.39, 0.29) is 6.10 Å². The lowest BCUT2D eigenvalue weighted by molar-refractivity contribution is 0.0389. The Bertz CT molecular complexity index is 592. The van der Waals surface area contributed by atoms with Crippen molar-refractivity contribution in [3.05, 3.63) is 28.8 Å². The van der Waals surface area contributed by atoms with Crippen molar-refractivity contribution in [1.82, 2.24) is 15.6 Å². The first-order valence-corrected chi connectivity index (χ1v) is 9.16. The summed E-state index contributed by atoms with van der Waals surface area (Å²) in [7, 11) is 0. The second-order valence-electron chi connectivity index (χ2n) is 5.94. The molecule has 1 aliphatic rings. The smallest absolute Gasteiger partial charge is 0.187 e. The predicted octanol–water partition coefficient (Wildman–Crippen LogP) is 2.26. The third kappa shape index (κ3) is 7.56. The van der Waals surface area contributed by atoms with Crippen molar-refractivity contribution >= 4 is 35.1 Å². The molecule has 1 heterocycles. The van der Waals surface area contributed by atoms with Crippen molar-refractivity contribution in [3.63, 3.8) is 0 Å². The predicted molar refractivity (Wildman–Crippen MR) is 106 cm³/mol. The van der Waals surface area contributed by atoms with Gasteiger partial charge in [0.2, 0.25) is 0 Å². The van der Waals surface area contributed by atoms with E-state index in [1.54, 1.807) is 12.3 Å². The van der Waals surface area contributed by atoms with Gasteiger partial charge in [0.05, 0.1) is 30.6 Å². The maximum absolute atomic E-state index is 6.20. The van der Waals surface area contributed by atoms with Crippen molar-refractivity contribution in [2.24, 2.45) is 5.10 Å². The van der Waals surface area contributed by atoms with E-state index in [4.69, 9.17) is 33.3 Å². The molecule has 8 heteroatoms. The summed E-state index contributed by atoms with van der Waals surface area (Å²) in [5.41, 5.74) is 3.67. The third-order valence-corrected chi connectivity index (χ3v) is 4.05. The molecule has 0 saturated carbocycles. The number of hydrazone groups is 1. The third-order valence-electron chi connectivity index (χ3n) is 3.52. The van der Waals surface area contributed by atoms with Crippen LogP contribution in [-0.2, 0) is 4.74 Å². The van der Waals surface area contributed by atoms with Gasteiger partial charge in [-0.2, -0.15) is 5.10 Å². The quantitative estimate of drug-likeness (QED) is 0.427. The van der Waals surface area contributed by atoms with Gasteiger partial charge >= 0.3 is 0 Å². The molecular weight excluding hydrogens is 360 g/mol. The van der Waals surface area contributed by atoms with Gasteiger partial charge in [0, 0.05) is 26.2 Å². The molecule has 2 N–H and O–H groups in total. The molecule has 138 valence electrons. The molecule has 6 nitrogen and oxygen atoms in total. The standard InChI is InChI=1S/C17H25ClN4O2S/c1-13(2)24-16-4-3-14(11-15(16)18)12-20-21-17(25)19-5-6-22-7-9-23-10-8-22/h3-4,11-13H,5-10H2,1-2H3,(H2,19,21,25)/b20-12+. The molecule has 0 bridgehead atoms. The summed E-state index contributed by atoms with van der Waals surface area (Å²) in [6.07, 6.45) is 1.75. The topological polar surface area (TPSA) is 58.1 Å². The summed E-state index contributed by atoms with van der Waals surface area (Å²) in [6.45, 7) is 9.17. The molecule has 0 aromatic heterocycles. The van der Waals surface area contributed by atoms with Crippen molar-refractivity contribution in [2.45, 2.75) is 20.0 Å². The first-order chi connectivity index (χ1) is 12.0. The lowest BCUT2D eigenvalue weighted by Gasteiger charge is -2.26. The van der Waals surface area contributed by atoms with Gasteiger partial charge in [0.15, 0.2) is 5.11 Å². The molecule has 0 amide bonds. The number of halogens is 1. The summed E-state index contributed by atoms with van der Waals surface area (Å²) in [5, 5.41) is 8.32. The van der Waals surface area contributed by atoms with Crippen LogP contribution in [0.15, 0.2) is 23.3 Å². The highest BCUT2D eigenvalue weighted by molar-refractivity contribution is 7.80. The summed E-state index contributed by atoms with van der Waals surface area (Å²) in [6, 6.07) is 5.53. The summed E-state index contributed by atoms with van der Waals surface area (Å²) >= 11 is 11.4. The van der Waals surface area contributed by atoms with Gasteiger partial charge in [0.1, 0.15) is 5.75 Å². The summed E-state index contributed by atoms with van der Waals surface area (Å²) < 4.78 is 10.9. The molecule has 0 aliphatic carbocycles. The number of nitrogens with one attached hydrogen (secondary N) is 2. The van der Waals surface area contributed by atoms with Gasteiger partial charge in [-0.15, -0.1) is 0 Å². The molecule has 2 rings (SSSR count). The molecule has 1 saturated heterocycles. The minimum Gasteiger partial charge on any atom is -0.489 e. The van der Waals surface area contributed by atoms with Crippen molar-refractivity contribution in [2.75, 3.05) is 39.4 Å². The van der Waals surface area contributed by atoms with E-state index in [0.717, 1.165) is 45.0 Å². The average Bonchev–Trinajstić information content (AvgIpc) is 2.58. The molecule has 1 aliphatic heterocycles. The molecule has 1 aromatic carbocycles. The minimum absolute atomic E-state index is 0.0830. The van der Waals surface area contributed by atoms with Gasteiger partial charge in [-0.3, -0.25) is 10.3 Å². The second-order valence-corrected chi connectivity index (χ2v) is 6.75. The van der Waals surface area contributed by atoms with E-state index in [9.17, 15) is 0 Å². The molecule has 0 unspecified atom stereocenters. The number of hydrogen-bond donors (Lipinski definition) is 2. The van der Waals surface area contributed by atoms with Crippen molar-refractivity contribution in [1.29, 1.82) is 0 Å². The Balaban J connectivity index is 1.70. The number of ether oxygens (including phenoxy) is 2. The normalized spacial score (nSPS) is 15.5. The molecule has 0 spiro atoms. The summed E-state index contributed by atoms with van der Waals surface area (Å²) in [4.78, 5) is 2.34. The minimum atomic E-state index is 0.0830. The zero-order valence-electron chi connectivity index (χ0n) is 14.6. The second kappa shape index (κ2) is 10.6. The Morgan fingerprint density at radius 1 is 1.44 bits per heavy atom. The highest BCUT2D eigenvalue weighted by atomic mass is 35.5. The molecule has 0 atom stereocenters. The van der Waals surface area contributed by atoms with E-state index in [1.807, 2.05) is 26.0 Å². The fraction of sp³-hybridized carbons (Fsp3) is 0.529. The molecule has 25 heavy (non-hydrogen) atoms. The van der Waals surface area contributed by atoms with Crippen LogP contribution in [0.4, 0.5) is 0 Å². The lowest BCUT2D eigenvalue weighted by Crippen LogP contribution is -2.42. The highest BCUT2D eigenvalue weighted by Crippen LogP contribution is 2.25. The van der Waals surface area contributed by atoms with Crippen molar-refractivity contribution in [3.8, 4) is 5.75 Å². The zero-order valence-corrected chi connectivity index (χ0v) is 16.2. The van der Waals surface area contributed by atoms with Gasteiger partial charge in [-0.05, 0) is 49.8 Å². The number of morpholine rings is 1. The Hall–Kier alpha value is -1.41. The first kappa shape index (κ1) is 19.9. The van der Waals surface area contributed by atoms with Gasteiger partial charge in [0.25, 0.3) is 0 Å². The number of hydrogen-bond acceptors (Lipinski definition) is 5. The molecule has 0 radical (unpaired) electrons. The maximum Gasteiger partial charge on any atom is 0.187 e. The zero-order chi connectivity index (χ0) is 18.1. The van der Waals surface area contributed by atoms with E-state index in [0.29, 0.717) is 15.9 Å². The SMILES string of the molecule is CC(C)Oc1ccc(/C=N/NC(=S)NCCN2CCOCC2)cc1Cl. The van der Waals surface area contributed by atoms with Gasteiger partial charge in [-0.1, -0.05) is 11.6 Å². The van der Waals surface area contributed by atoms with Crippen LogP contribution in [0, 0.1) is 0 Å². The van der Waals surface area contributed by atoms with Crippen LogP contribution in [0.3, 0.4) is 0 Å². The number of benzene rings is 1. The average molecular weight is 385 g/mol. The van der Waals surface area contributed by atoms with Crippen molar-refractivity contribution < 1.29 is 9.47 Å². The molecular formula is C17H25ClN4O2S. The number of thiocarbonyl (C=S) groups is 1. The largest absolute Gasteiger partial charge is 0.489 e. The van der Waals surface area contributed by atoms with Crippen LogP contribution in [0.2, 0.25) is 5.02 Å². The highest BCUT2D eigenvalue weighted by Gasteiger charge is 2.09. The van der Waals surface area contributed by atoms with Crippen LogP contribution in [0.1, 0.15) is 19.4 Å². The van der Waals surface area contributed by atoms with Gasteiger partial charge in [-0.25, -0.2) is 0 Å². The Morgan fingerprint density at radius 2 is 2.20 bits per heavy atom.